The summed E-state index contributed by atoms with van der Waals surface area (Å²) in [5.74, 6) is 0. The summed E-state index contributed by atoms with van der Waals surface area (Å²) in [6.07, 6.45) is 0. The first-order valence-corrected chi connectivity index (χ1v) is 25.9. The van der Waals surface area contributed by atoms with Crippen LogP contribution in [-0.2, 0) is 10.8 Å². The molecule has 0 saturated heterocycles. The summed E-state index contributed by atoms with van der Waals surface area (Å²) in [4.78, 5) is 0. The lowest BCUT2D eigenvalue weighted by atomic mass is 9.72. The Morgan fingerprint density at radius 1 is 0.270 bits per heavy atom. The van der Waals surface area contributed by atoms with E-state index in [-0.39, 0.29) is 10.8 Å². The summed E-state index contributed by atoms with van der Waals surface area (Å²) in [5.41, 5.74) is 27.3. The van der Waals surface area contributed by atoms with Gasteiger partial charge in [0, 0.05) is 43.5 Å². The first kappa shape index (κ1) is 42.7. The predicted octanol–water partition coefficient (Wildman–Crippen LogP) is 20.1. The van der Waals surface area contributed by atoms with E-state index in [4.69, 9.17) is 8.83 Å². The Bertz CT molecular complexity index is 4030. The van der Waals surface area contributed by atoms with Crippen molar-refractivity contribution in [1.82, 2.24) is 0 Å². The summed E-state index contributed by atoms with van der Waals surface area (Å²) >= 11 is 0. The van der Waals surface area contributed by atoms with Crippen molar-refractivity contribution in [3.8, 4) is 89.0 Å². The molecule has 15 rings (SSSR count). The maximum Gasteiger partial charge on any atom is 0.143 e. The number of hydrogen-bond donors (Lipinski definition) is 0. The van der Waals surface area contributed by atoms with Gasteiger partial charge in [0.2, 0.25) is 0 Å². The largest absolute Gasteiger partial charge is 0.455 e. The van der Waals surface area contributed by atoms with Gasteiger partial charge in [-0.1, -0.05) is 198 Å². The van der Waals surface area contributed by atoms with Gasteiger partial charge >= 0.3 is 0 Å². The Labute approximate surface area is 430 Å². The van der Waals surface area contributed by atoms with E-state index in [0.29, 0.717) is 0 Å². The van der Waals surface area contributed by atoms with Gasteiger partial charge in [-0.25, -0.2) is 0 Å². The van der Waals surface area contributed by atoms with Gasteiger partial charge in [-0.15, -0.1) is 0 Å². The minimum absolute atomic E-state index is 0.384. The van der Waals surface area contributed by atoms with E-state index in [1.807, 2.05) is 0 Å². The van der Waals surface area contributed by atoms with Crippen LogP contribution >= 0.6 is 0 Å². The molecule has 0 saturated carbocycles. The predicted molar refractivity (Wildman–Crippen MR) is 309 cm³/mol. The summed E-state index contributed by atoms with van der Waals surface area (Å²) < 4.78 is 14.2. The van der Waals surface area contributed by atoms with Crippen LogP contribution in [0.5, 0.6) is 0 Å². The molecular weight excluding hydrogens is 897 g/mol. The highest BCUT2D eigenvalue weighted by Gasteiger charge is 2.48. The van der Waals surface area contributed by atoms with Crippen LogP contribution in [0.2, 0.25) is 0 Å². The Hall–Kier alpha value is -8.98. The van der Waals surface area contributed by atoms with Gasteiger partial charge in [0.1, 0.15) is 22.3 Å². The minimum atomic E-state index is -0.384. The van der Waals surface area contributed by atoms with E-state index in [1.54, 1.807) is 0 Å². The highest BCUT2D eigenvalue weighted by atomic mass is 16.3. The second kappa shape index (κ2) is 15.8. The Morgan fingerprint density at radius 3 is 0.905 bits per heavy atom. The standard InChI is InChI=1S/C72H50O2/c1-71(2)59-41-57(51-37-47(43-21-9-5-10-22-43)35-48(38-51)44-23-11-6-12-24-44)69-65(53-29-17-19-31-61(53)73-69)63(59)55-33-34-56-64-60(72(3,4)68(56)67(55)71)42-58(70-66(64)54-30-18-20-32-62(54)74-70)52-39-49(45-25-13-7-14-26-45)36-50(40-52)46-27-15-8-16-28-46/h5-42H,1-4H3. The van der Waals surface area contributed by atoms with E-state index in [2.05, 4.69) is 258 Å². The average molecular weight is 947 g/mol. The van der Waals surface area contributed by atoms with Crippen molar-refractivity contribution in [2.45, 2.75) is 38.5 Å². The van der Waals surface area contributed by atoms with E-state index in [9.17, 15) is 0 Å². The van der Waals surface area contributed by atoms with Crippen molar-refractivity contribution < 1.29 is 8.83 Å². The lowest BCUT2D eigenvalue weighted by molar-refractivity contribution is 0.601. The average Bonchev–Trinajstić information content (AvgIpc) is 4.16. The van der Waals surface area contributed by atoms with Crippen LogP contribution in [-0.4, -0.2) is 0 Å². The molecule has 2 heterocycles. The second-order valence-electron chi connectivity index (χ2n) is 21.5. The molecule has 2 aliphatic carbocycles. The van der Waals surface area contributed by atoms with E-state index >= 15 is 0 Å². The van der Waals surface area contributed by atoms with E-state index < -0.39 is 0 Å². The molecule has 350 valence electrons. The molecule has 2 heteroatoms. The normalized spacial score (nSPS) is 13.9. The molecule has 0 atom stereocenters. The minimum Gasteiger partial charge on any atom is -0.455 e. The van der Waals surface area contributed by atoms with Crippen molar-refractivity contribution >= 4 is 43.9 Å². The lowest BCUT2D eigenvalue weighted by Crippen LogP contribution is -2.24. The number of rotatable bonds is 6. The number of para-hydroxylation sites is 2. The van der Waals surface area contributed by atoms with Crippen molar-refractivity contribution in [1.29, 1.82) is 0 Å². The highest BCUT2D eigenvalue weighted by Crippen LogP contribution is 2.63. The molecule has 0 amide bonds. The maximum absolute atomic E-state index is 7.12. The fourth-order valence-electron chi connectivity index (χ4n) is 13.1. The third-order valence-electron chi connectivity index (χ3n) is 16.6. The van der Waals surface area contributed by atoms with Gasteiger partial charge in [-0.2, -0.15) is 0 Å². The summed E-state index contributed by atoms with van der Waals surface area (Å²) in [6.45, 7) is 9.83. The van der Waals surface area contributed by atoms with Gasteiger partial charge in [-0.3, -0.25) is 0 Å². The molecule has 13 aromatic rings. The smallest absolute Gasteiger partial charge is 0.143 e. The molecular formula is C72H50O2. The number of furan rings is 2. The molecule has 0 radical (unpaired) electrons. The van der Waals surface area contributed by atoms with Gasteiger partial charge in [0.05, 0.1) is 0 Å². The molecule has 0 unspecified atom stereocenters. The molecule has 11 aromatic carbocycles. The highest BCUT2D eigenvalue weighted by molar-refractivity contribution is 6.21. The van der Waals surface area contributed by atoms with Crippen molar-refractivity contribution in [2.24, 2.45) is 0 Å². The van der Waals surface area contributed by atoms with Crippen LogP contribution < -0.4 is 0 Å². The first-order valence-electron chi connectivity index (χ1n) is 25.9. The van der Waals surface area contributed by atoms with E-state index in [1.165, 1.54) is 99.8 Å². The molecule has 0 N–H and O–H groups in total. The van der Waals surface area contributed by atoms with Crippen LogP contribution in [0.1, 0.15) is 49.9 Å². The molecule has 0 fully saturated rings. The van der Waals surface area contributed by atoms with Gasteiger partial charge in [0.15, 0.2) is 0 Å². The molecule has 2 aliphatic rings. The van der Waals surface area contributed by atoms with Crippen molar-refractivity contribution in [3.05, 3.63) is 253 Å². The third-order valence-corrected chi connectivity index (χ3v) is 16.6. The van der Waals surface area contributed by atoms with Crippen molar-refractivity contribution in [2.75, 3.05) is 0 Å². The molecule has 74 heavy (non-hydrogen) atoms. The van der Waals surface area contributed by atoms with Crippen molar-refractivity contribution in [3.63, 3.8) is 0 Å². The van der Waals surface area contributed by atoms with Crippen LogP contribution in [0.4, 0.5) is 0 Å². The zero-order valence-corrected chi connectivity index (χ0v) is 41.8. The zero-order chi connectivity index (χ0) is 49.5. The van der Waals surface area contributed by atoms with Crippen LogP contribution in [0.15, 0.2) is 239 Å². The Kier molecular flexibility index (Phi) is 9.09. The lowest BCUT2D eigenvalue weighted by Gasteiger charge is -2.31. The maximum atomic E-state index is 7.12. The summed E-state index contributed by atoms with van der Waals surface area (Å²) in [7, 11) is 0. The zero-order valence-electron chi connectivity index (χ0n) is 41.8. The van der Waals surface area contributed by atoms with E-state index in [0.717, 1.165) is 55.4 Å². The molecule has 2 aromatic heterocycles. The van der Waals surface area contributed by atoms with Gasteiger partial charge in [0.25, 0.3) is 0 Å². The SMILES string of the molecule is CC1(C)c2cc(-c3cc(-c4ccccc4)cc(-c4ccccc4)c3)c3oc4ccccc4c3c2-c2ccc3c(c21)C(C)(C)c1cc(-c2cc(-c4ccccc4)cc(-c4ccccc4)c2)c2oc4ccccc4c2c1-3. The van der Waals surface area contributed by atoms with Crippen LogP contribution in [0.25, 0.3) is 133 Å². The molecule has 2 nitrogen and oxygen atoms in total. The number of benzene rings is 11. The number of fused-ring (bicyclic) bond motifs is 15. The summed E-state index contributed by atoms with van der Waals surface area (Å²) in [6, 6.07) is 84.2. The summed E-state index contributed by atoms with van der Waals surface area (Å²) in [5, 5.41) is 4.63. The molecule has 0 bridgehead atoms. The van der Waals surface area contributed by atoms with Crippen LogP contribution in [0.3, 0.4) is 0 Å². The fraction of sp³-hybridized carbons (Fsp3) is 0.0833. The molecule has 0 spiro atoms. The monoisotopic (exact) mass is 946 g/mol. The number of hydrogen-bond acceptors (Lipinski definition) is 2. The Balaban J connectivity index is 0.983. The van der Waals surface area contributed by atoms with Gasteiger partial charge < -0.3 is 8.83 Å². The molecule has 0 aliphatic heterocycles. The van der Waals surface area contributed by atoms with Crippen LogP contribution in [0, 0.1) is 0 Å². The first-order chi connectivity index (χ1) is 36.2. The fourth-order valence-corrected chi connectivity index (χ4v) is 13.1. The second-order valence-corrected chi connectivity index (χ2v) is 21.5. The third kappa shape index (κ3) is 6.18. The van der Waals surface area contributed by atoms with Gasteiger partial charge in [-0.05, 0) is 161 Å². The topological polar surface area (TPSA) is 26.3 Å². The quantitative estimate of drug-likeness (QED) is 0.166. The Morgan fingerprint density at radius 2 is 0.568 bits per heavy atom.